The highest BCUT2D eigenvalue weighted by molar-refractivity contribution is 7.85. The second kappa shape index (κ2) is 3.68. The summed E-state index contributed by atoms with van der Waals surface area (Å²) in [6, 6.07) is -0.0555. The molecule has 0 heterocycles. The van der Waals surface area contributed by atoms with Gasteiger partial charge in [0.15, 0.2) is 0 Å². The van der Waals surface area contributed by atoms with E-state index in [0.717, 1.165) is 17.8 Å². The van der Waals surface area contributed by atoms with Gasteiger partial charge in [-0.3, -0.25) is 4.55 Å². The Morgan fingerprint density at radius 3 is 2.29 bits per heavy atom. The second-order valence-electron chi connectivity index (χ2n) is 6.51. The minimum Gasteiger partial charge on any atom is -0.327 e. The number of nitrogens with two attached hydrogens (primary N) is 1. The van der Waals surface area contributed by atoms with E-state index in [4.69, 9.17) is 10.3 Å². The first-order chi connectivity index (χ1) is 7.88. The Hall–Kier alpha value is -0.130. The zero-order valence-electron chi connectivity index (χ0n) is 10.0. The average molecular weight is 259 g/mol. The van der Waals surface area contributed by atoms with E-state index in [-0.39, 0.29) is 17.2 Å². The van der Waals surface area contributed by atoms with Crippen LogP contribution >= 0.6 is 0 Å². The molecule has 5 heteroatoms. The lowest BCUT2D eigenvalue weighted by Gasteiger charge is -2.42. The van der Waals surface area contributed by atoms with Crippen molar-refractivity contribution in [2.24, 2.45) is 28.9 Å². The molecule has 0 spiro atoms. The van der Waals surface area contributed by atoms with Gasteiger partial charge in [0.05, 0.1) is 5.75 Å². The van der Waals surface area contributed by atoms with Crippen molar-refractivity contribution in [2.45, 2.75) is 44.6 Å². The molecule has 0 aromatic heterocycles. The lowest BCUT2D eigenvalue weighted by atomic mass is 9.65. The van der Waals surface area contributed by atoms with Crippen molar-refractivity contribution in [2.75, 3.05) is 5.75 Å². The smallest absolute Gasteiger partial charge is 0.264 e. The van der Waals surface area contributed by atoms with Crippen molar-refractivity contribution in [3.05, 3.63) is 0 Å². The lowest BCUT2D eigenvalue weighted by molar-refractivity contribution is 0.108. The minimum atomic E-state index is -3.86. The van der Waals surface area contributed by atoms with Gasteiger partial charge in [-0.15, -0.1) is 0 Å². The summed E-state index contributed by atoms with van der Waals surface area (Å²) in [7, 11) is -3.86. The molecule has 0 aromatic rings. The predicted octanol–water partition coefficient (Wildman–Crippen LogP) is 1.42. The van der Waals surface area contributed by atoms with Crippen molar-refractivity contribution >= 4 is 10.1 Å². The third-order valence-electron chi connectivity index (χ3n) is 5.44. The van der Waals surface area contributed by atoms with Crippen LogP contribution in [0, 0.1) is 23.2 Å². The van der Waals surface area contributed by atoms with Crippen LogP contribution in [0.1, 0.15) is 38.5 Å². The maximum atomic E-state index is 10.8. The fourth-order valence-corrected chi connectivity index (χ4v) is 5.46. The molecule has 4 nitrogen and oxygen atoms in total. The number of rotatable bonds is 4. The van der Waals surface area contributed by atoms with Crippen molar-refractivity contribution in [1.82, 2.24) is 0 Å². The number of hydrogen-bond donors (Lipinski definition) is 2. The summed E-state index contributed by atoms with van der Waals surface area (Å²) in [6.07, 6.45) is 6.73. The van der Waals surface area contributed by atoms with E-state index < -0.39 is 10.1 Å². The van der Waals surface area contributed by atoms with Gasteiger partial charge in [0.1, 0.15) is 0 Å². The Bertz CT molecular complexity index is 400. The molecule has 3 unspecified atom stereocenters. The Labute approximate surface area is 103 Å². The monoisotopic (exact) mass is 259 g/mol. The van der Waals surface area contributed by atoms with Crippen LogP contribution in [0.5, 0.6) is 0 Å². The molecule has 3 N–H and O–H groups in total. The minimum absolute atomic E-state index is 0.0555. The van der Waals surface area contributed by atoms with E-state index in [1.165, 1.54) is 32.1 Å². The second-order valence-corrected chi connectivity index (χ2v) is 8.09. The summed E-state index contributed by atoms with van der Waals surface area (Å²) in [5, 5.41) is 0. The van der Waals surface area contributed by atoms with E-state index in [1.807, 2.05) is 0 Å². The zero-order valence-corrected chi connectivity index (χ0v) is 10.8. The predicted molar refractivity (Wildman–Crippen MR) is 65.0 cm³/mol. The third-order valence-corrected chi connectivity index (χ3v) is 6.20. The van der Waals surface area contributed by atoms with Gasteiger partial charge in [0.25, 0.3) is 10.1 Å². The first-order valence-corrected chi connectivity index (χ1v) is 8.20. The molecule has 0 amide bonds. The number of hydrogen-bond acceptors (Lipinski definition) is 3. The van der Waals surface area contributed by atoms with Crippen LogP contribution in [-0.4, -0.2) is 24.8 Å². The van der Waals surface area contributed by atoms with Crippen molar-refractivity contribution in [1.29, 1.82) is 0 Å². The summed E-state index contributed by atoms with van der Waals surface area (Å²) in [4.78, 5) is 0. The maximum Gasteiger partial charge on any atom is 0.264 e. The molecular formula is C12H21NO3S. The Balaban J connectivity index is 1.68. The fourth-order valence-electron chi connectivity index (χ4n) is 4.91. The molecule has 17 heavy (non-hydrogen) atoms. The van der Waals surface area contributed by atoms with Gasteiger partial charge >= 0.3 is 0 Å². The van der Waals surface area contributed by atoms with Gasteiger partial charge in [0.2, 0.25) is 0 Å². The third kappa shape index (κ3) is 2.02. The van der Waals surface area contributed by atoms with Gasteiger partial charge in [-0.05, 0) is 61.7 Å². The first kappa shape index (κ1) is 11.9. The molecule has 4 bridgehead atoms. The summed E-state index contributed by atoms with van der Waals surface area (Å²) >= 11 is 0. The van der Waals surface area contributed by atoms with Crippen LogP contribution in [0.25, 0.3) is 0 Å². The molecule has 4 aliphatic carbocycles. The van der Waals surface area contributed by atoms with Crippen molar-refractivity contribution in [3.63, 3.8) is 0 Å². The molecular weight excluding hydrogens is 238 g/mol. The van der Waals surface area contributed by atoms with Gasteiger partial charge in [0, 0.05) is 6.04 Å². The fraction of sp³-hybridized carbons (Fsp3) is 1.00. The largest absolute Gasteiger partial charge is 0.327 e. The van der Waals surface area contributed by atoms with Crippen LogP contribution in [0.2, 0.25) is 0 Å². The highest BCUT2D eigenvalue weighted by Gasteiger charge is 2.57. The molecule has 0 radical (unpaired) electrons. The molecule has 4 saturated carbocycles. The van der Waals surface area contributed by atoms with E-state index >= 15 is 0 Å². The van der Waals surface area contributed by atoms with Crippen LogP contribution in [0.3, 0.4) is 0 Å². The van der Waals surface area contributed by atoms with Crippen LogP contribution < -0.4 is 5.73 Å². The van der Waals surface area contributed by atoms with Gasteiger partial charge in [-0.2, -0.15) is 8.42 Å². The molecule has 4 rings (SSSR count). The molecule has 0 aliphatic heterocycles. The van der Waals surface area contributed by atoms with Crippen LogP contribution in [-0.2, 0) is 10.1 Å². The molecule has 4 fully saturated rings. The van der Waals surface area contributed by atoms with E-state index in [0.29, 0.717) is 6.42 Å². The van der Waals surface area contributed by atoms with E-state index in [2.05, 4.69) is 0 Å². The highest BCUT2D eigenvalue weighted by atomic mass is 32.2. The average Bonchev–Trinajstić information content (AvgIpc) is 2.62. The lowest BCUT2D eigenvalue weighted by Crippen LogP contribution is -2.45. The summed E-state index contributed by atoms with van der Waals surface area (Å²) in [5.74, 6) is 2.36. The molecule has 0 saturated heterocycles. The van der Waals surface area contributed by atoms with E-state index in [9.17, 15) is 8.42 Å². The standard InChI is InChI=1S/C12H21NO3S/c13-11(1-2-17(14,15)16)12-5-8-3-9(6-12)10(4-8)7-12/h8-11H,1-7,13H2,(H,14,15,16). The van der Waals surface area contributed by atoms with Crippen LogP contribution in [0.4, 0.5) is 0 Å². The van der Waals surface area contributed by atoms with Crippen molar-refractivity contribution in [3.8, 4) is 0 Å². The SMILES string of the molecule is NC(CCS(=O)(=O)O)C12CC3CC(C1)C(C3)C2. The Morgan fingerprint density at radius 1 is 1.24 bits per heavy atom. The van der Waals surface area contributed by atoms with Crippen LogP contribution in [0.15, 0.2) is 0 Å². The molecule has 3 atom stereocenters. The maximum absolute atomic E-state index is 10.8. The van der Waals surface area contributed by atoms with Gasteiger partial charge in [-0.25, -0.2) is 0 Å². The van der Waals surface area contributed by atoms with Gasteiger partial charge < -0.3 is 5.73 Å². The molecule has 4 aliphatic rings. The normalized spacial score (nSPS) is 45.4. The van der Waals surface area contributed by atoms with Crippen molar-refractivity contribution < 1.29 is 13.0 Å². The zero-order chi connectivity index (χ0) is 12.3. The topological polar surface area (TPSA) is 80.4 Å². The van der Waals surface area contributed by atoms with Gasteiger partial charge in [-0.1, -0.05) is 0 Å². The first-order valence-electron chi connectivity index (χ1n) is 6.59. The highest BCUT2D eigenvalue weighted by Crippen LogP contribution is 2.65. The summed E-state index contributed by atoms with van der Waals surface area (Å²) < 4.78 is 30.4. The Kier molecular flexibility index (Phi) is 2.58. The molecule has 98 valence electrons. The quantitative estimate of drug-likeness (QED) is 0.748. The molecule has 0 aromatic carbocycles. The Morgan fingerprint density at radius 2 is 1.82 bits per heavy atom. The summed E-state index contributed by atoms with van der Waals surface area (Å²) in [5.41, 5.74) is 6.43. The van der Waals surface area contributed by atoms with E-state index in [1.54, 1.807) is 0 Å². The summed E-state index contributed by atoms with van der Waals surface area (Å²) in [6.45, 7) is 0.